The number of hydrogen-bond acceptors (Lipinski definition) is 5. The lowest BCUT2D eigenvalue weighted by molar-refractivity contribution is -0.385. The number of likely N-dealkylation sites (tertiary alicyclic amines) is 1. The third kappa shape index (κ3) is 3.51. The van der Waals surface area contributed by atoms with Crippen molar-refractivity contribution in [2.75, 3.05) is 26.2 Å². The number of nitro benzene ring substituents is 1. The fourth-order valence-corrected chi connectivity index (χ4v) is 2.18. The van der Waals surface area contributed by atoms with E-state index in [0.29, 0.717) is 18.6 Å². The second-order valence-electron chi connectivity index (χ2n) is 4.49. The lowest BCUT2D eigenvalue weighted by Gasteiger charge is -2.14. The molecule has 0 aromatic heterocycles. The van der Waals surface area contributed by atoms with Gasteiger partial charge in [-0.2, -0.15) is 0 Å². The summed E-state index contributed by atoms with van der Waals surface area (Å²) in [6, 6.07) is 4.24. The molecule has 102 valence electrons. The number of aldehydes is 1. The quantitative estimate of drug-likeness (QED) is 0.445. The molecule has 0 N–H and O–H groups in total. The Morgan fingerprint density at radius 1 is 1.37 bits per heavy atom. The molecule has 1 heterocycles. The van der Waals surface area contributed by atoms with E-state index < -0.39 is 4.92 Å². The maximum Gasteiger partial charge on any atom is 0.280 e. The summed E-state index contributed by atoms with van der Waals surface area (Å²) in [6.45, 7) is 3.57. The van der Waals surface area contributed by atoms with E-state index in [4.69, 9.17) is 4.74 Å². The molecule has 0 aliphatic carbocycles. The lowest BCUT2D eigenvalue weighted by atomic mass is 10.2. The van der Waals surface area contributed by atoms with Crippen LogP contribution in [0.25, 0.3) is 0 Å². The number of hydrogen-bond donors (Lipinski definition) is 0. The number of nitrogens with zero attached hydrogens (tertiary/aromatic N) is 2. The van der Waals surface area contributed by atoms with E-state index in [-0.39, 0.29) is 11.3 Å². The Balaban J connectivity index is 1.93. The van der Waals surface area contributed by atoms with Crippen LogP contribution in [-0.4, -0.2) is 42.4 Å². The molecule has 19 heavy (non-hydrogen) atoms. The zero-order chi connectivity index (χ0) is 13.7. The van der Waals surface area contributed by atoms with Crippen LogP contribution in [0.15, 0.2) is 18.2 Å². The molecule has 1 aliphatic rings. The smallest absolute Gasteiger partial charge is 0.280 e. The largest absolute Gasteiger partial charge is 0.492 e. The van der Waals surface area contributed by atoms with Crippen molar-refractivity contribution in [2.24, 2.45) is 0 Å². The average Bonchev–Trinajstić information content (AvgIpc) is 2.91. The molecule has 0 unspecified atom stereocenters. The Hall–Kier alpha value is -1.95. The summed E-state index contributed by atoms with van der Waals surface area (Å²) in [5, 5.41) is 10.7. The van der Waals surface area contributed by atoms with Gasteiger partial charge >= 0.3 is 0 Å². The molecule has 2 rings (SSSR count). The highest BCUT2D eigenvalue weighted by Gasteiger charge is 2.14. The summed E-state index contributed by atoms with van der Waals surface area (Å²) in [6.07, 6.45) is 2.94. The molecule has 1 fully saturated rings. The minimum atomic E-state index is -0.572. The predicted molar refractivity (Wildman–Crippen MR) is 69.7 cm³/mol. The van der Waals surface area contributed by atoms with Gasteiger partial charge in [-0.15, -0.1) is 0 Å². The molecule has 0 atom stereocenters. The summed E-state index contributed by atoms with van der Waals surface area (Å²) >= 11 is 0. The molecule has 0 spiro atoms. The van der Waals surface area contributed by atoms with Crippen molar-refractivity contribution in [3.8, 4) is 5.75 Å². The molecule has 0 radical (unpaired) electrons. The fraction of sp³-hybridized carbons (Fsp3) is 0.462. The van der Waals surface area contributed by atoms with E-state index >= 15 is 0 Å². The van der Waals surface area contributed by atoms with Gasteiger partial charge in [0.15, 0.2) is 6.29 Å². The van der Waals surface area contributed by atoms with Crippen LogP contribution >= 0.6 is 0 Å². The Labute approximate surface area is 111 Å². The number of benzene rings is 1. The van der Waals surface area contributed by atoms with Crippen LogP contribution in [0.1, 0.15) is 23.2 Å². The first-order valence-electron chi connectivity index (χ1n) is 6.29. The highest BCUT2D eigenvalue weighted by atomic mass is 16.6. The van der Waals surface area contributed by atoms with Gasteiger partial charge in [0, 0.05) is 12.6 Å². The maximum atomic E-state index is 10.8. The van der Waals surface area contributed by atoms with E-state index in [1.807, 2.05) is 0 Å². The van der Waals surface area contributed by atoms with Crippen molar-refractivity contribution in [3.05, 3.63) is 33.9 Å². The zero-order valence-corrected chi connectivity index (χ0v) is 10.6. The first-order chi connectivity index (χ1) is 9.20. The van der Waals surface area contributed by atoms with Gasteiger partial charge in [-0.3, -0.25) is 19.8 Å². The first-order valence-corrected chi connectivity index (χ1v) is 6.29. The lowest BCUT2D eigenvalue weighted by Crippen LogP contribution is -2.25. The topological polar surface area (TPSA) is 72.7 Å². The standard InChI is InChI=1S/C13H16N2O4/c16-10-11-9-12(3-4-13(11)15(17)18)19-8-7-14-5-1-2-6-14/h3-4,9-10H,1-2,5-8H2. The van der Waals surface area contributed by atoms with E-state index in [1.54, 1.807) is 0 Å². The number of rotatable bonds is 6. The van der Waals surface area contributed by atoms with Gasteiger partial charge in [0.05, 0.1) is 10.5 Å². The predicted octanol–water partition coefficient (Wildman–Crippen LogP) is 1.88. The van der Waals surface area contributed by atoms with Crippen LogP contribution in [0.4, 0.5) is 5.69 Å². The summed E-state index contributed by atoms with van der Waals surface area (Å²) in [4.78, 5) is 23.2. The van der Waals surface area contributed by atoms with Crippen LogP contribution in [0.2, 0.25) is 0 Å². The molecule has 1 aromatic rings. The summed E-state index contributed by atoms with van der Waals surface area (Å²) < 4.78 is 5.52. The zero-order valence-electron chi connectivity index (χ0n) is 10.6. The third-order valence-electron chi connectivity index (χ3n) is 3.20. The van der Waals surface area contributed by atoms with Gasteiger partial charge in [0.1, 0.15) is 12.4 Å². The highest BCUT2D eigenvalue weighted by Crippen LogP contribution is 2.22. The molecule has 0 saturated carbocycles. The Morgan fingerprint density at radius 3 is 2.74 bits per heavy atom. The summed E-state index contributed by atoms with van der Waals surface area (Å²) in [5.74, 6) is 0.492. The van der Waals surface area contributed by atoms with Gasteiger partial charge in [-0.1, -0.05) is 0 Å². The van der Waals surface area contributed by atoms with E-state index in [1.165, 1.54) is 31.0 Å². The molecule has 6 nitrogen and oxygen atoms in total. The number of nitro groups is 1. The molecule has 1 aromatic carbocycles. The Morgan fingerprint density at radius 2 is 2.11 bits per heavy atom. The van der Waals surface area contributed by atoms with Gasteiger partial charge in [0.2, 0.25) is 0 Å². The van der Waals surface area contributed by atoms with Crippen LogP contribution in [0, 0.1) is 10.1 Å². The molecule has 1 saturated heterocycles. The monoisotopic (exact) mass is 264 g/mol. The van der Waals surface area contributed by atoms with E-state index in [0.717, 1.165) is 19.6 Å². The van der Waals surface area contributed by atoms with Crippen molar-refractivity contribution >= 4 is 12.0 Å². The van der Waals surface area contributed by atoms with E-state index in [9.17, 15) is 14.9 Å². The highest BCUT2D eigenvalue weighted by molar-refractivity contribution is 5.82. The SMILES string of the molecule is O=Cc1cc(OCCN2CCCC2)ccc1[N+](=O)[O-]. The normalized spacial score (nSPS) is 15.4. The van der Waals surface area contributed by atoms with E-state index in [2.05, 4.69) is 4.90 Å². The second-order valence-corrected chi connectivity index (χ2v) is 4.49. The molecule has 0 amide bonds. The Bertz CT molecular complexity index is 470. The summed E-state index contributed by atoms with van der Waals surface area (Å²) in [5.41, 5.74) is -0.148. The molecule has 1 aliphatic heterocycles. The van der Waals surface area contributed by atoms with Gasteiger partial charge in [-0.25, -0.2) is 0 Å². The average molecular weight is 264 g/mol. The van der Waals surface area contributed by atoms with Crippen molar-refractivity contribution in [2.45, 2.75) is 12.8 Å². The van der Waals surface area contributed by atoms with Crippen molar-refractivity contribution in [3.63, 3.8) is 0 Å². The van der Waals surface area contributed by atoms with Crippen LogP contribution in [0.3, 0.4) is 0 Å². The number of ether oxygens (including phenoxy) is 1. The minimum Gasteiger partial charge on any atom is -0.492 e. The number of carbonyl (C=O) groups is 1. The third-order valence-corrected chi connectivity index (χ3v) is 3.20. The van der Waals surface area contributed by atoms with Crippen LogP contribution in [0.5, 0.6) is 5.75 Å². The van der Waals surface area contributed by atoms with Crippen molar-refractivity contribution < 1.29 is 14.5 Å². The molecule has 6 heteroatoms. The van der Waals surface area contributed by atoms with Crippen LogP contribution in [-0.2, 0) is 0 Å². The Kier molecular flexibility index (Phi) is 4.46. The molecular weight excluding hydrogens is 248 g/mol. The second kappa shape index (κ2) is 6.29. The van der Waals surface area contributed by atoms with Gasteiger partial charge < -0.3 is 4.74 Å². The van der Waals surface area contributed by atoms with Crippen molar-refractivity contribution in [1.29, 1.82) is 0 Å². The maximum absolute atomic E-state index is 10.8. The van der Waals surface area contributed by atoms with Gasteiger partial charge in [0.25, 0.3) is 5.69 Å². The fourth-order valence-electron chi connectivity index (χ4n) is 2.18. The number of carbonyl (C=O) groups excluding carboxylic acids is 1. The molecule has 0 bridgehead atoms. The van der Waals surface area contributed by atoms with Gasteiger partial charge in [-0.05, 0) is 38.1 Å². The minimum absolute atomic E-state index is 0.0451. The molecular formula is C13H16N2O4. The van der Waals surface area contributed by atoms with Crippen molar-refractivity contribution in [1.82, 2.24) is 4.90 Å². The summed E-state index contributed by atoms with van der Waals surface area (Å²) in [7, 11) is 0. The first kappa shape index (κ1) is 13.5. The van der Waals surface area contributed by atoms with Crippen LogP contribution < -0.4 is 4.74 Å².